The molecule has 2 aromatic carbocycles. The molecular weight excluding hydrogens is 410 g/mol. The normalized spacial score (nSPS) is 11.3. The highest BCUT2D eigenvalue weighted by Gasteiger charge is 2.23. The number of sulfone groups is 1. The van der Waals surface area contributed by atoms with Crippen molar-refractivity contribution >= 4 is 21.4 Å². The zero-order valence-electron chi connectivity index (χ0n) is 16.3. The smallest absolute Gasteiger partial charge is 0.228 e. The number of rotatable bonds is 7. The van der Waals surface area contributed by atoms with Gasteiger partial charge in [0, 0.05) is 18.7 Å². The van der Waals surface area contributed by atoms with Crippen LogP contribution in [0.5, 0.6) is 0 Å². The minimum Gasteiger partial charge on any atom is -0.304 e. The Bertz CT molecular complexity index is 1130. The Morgan fingerprint density at radius 3 is 2.40 bits per heavy atom. The molecule has 0 fully saturated rings. The van der Waals surface area contributed by atoms with E-state index in [4.69, 9.17) is 0 Å². The summed E-state index contributed by atoms with van der Waals surface area (Å²) in [4.78, 5) is 18.2. The molecule has 0 spiro atoms. The highest BCUT2D eigenvalue weighted by molar-refractivity contribution is 7.91. The third kappa shape index (κ3) is 5.27. The summed E-state index contributed by atoms with van der Waals surface area (Å²) in [6.07, 6.45) is 1.17. The Balaban J connectivity index is 1.83. The van der Waals surface area contributed by atoms with Crippen molar-refractivity contribution in [3.05, 3.63) is 89.8 Å². The first kappa shape index (κ1) is 21.6. The average molecular weight is 430 g/mol. The van der Waals surface area contributed by atoms with E-state index in [9.17, 15) is 22.0 Å². The Morgan fingerprint density at radius 2 is 1.77 bits per heavy atom. The maximum absolute atomic E-state index is 14.4. The van der Waals surface area contributed by atoms with Crippen LogP contribution >= 0.6 is 0 Å². The number of nitrogens with zero attached hydrogens (tertiary/aromatic N) is 2. The van der Waals surface area contributed by atoms with Crippen LogP contribution < -0.4 is 4.90 Å². The number of aromatic nitrogens is 1. The maximum atomic E-state index is 14.4. The van der Waals surface area contributed by atoms with Gasteiger partial charge < -0.3 is 4.90 Å². The molecule has 0 atom stereocenters. The van der Waals surface area contributed by atoms with E-state index in [2.05, 4.69) is 4.98 Å². The lowest BCUT2D eigenvalue weighted by atomic mass is 10.2. The summed E-state index contributed by atoms with van der Waals surface area (Å²) in [7, 11) is -3.69. The number of amides is 1. The fourth-order valence-corrected chi connectivity index (χ4v) is 4.11. The van der Waals surface area contributed by atoms with Gasteiger partial charge in [-0.25, -0.2) is 17.2 Å². The van der Waals surface area contributed by atoms with E-state index in [0.717, 1.165) is 22.6 Å². The number of pyridine rings is 1. The molecule has 0 unspecified atom stereocenters. The summed E-state index contributed by atoms with van der Waals surface area (Å²) >= 11 is 0. The summed E-state index contributed by atoms with van der Waals surface area (Å²) < 4.78 is 52.8. The van der Waals surface area contributed by atoms with Gasteiger partial charge in [-0.05, 0) is 43.3 Å². The van der Waals surface area contributed by atoms with Gasteiger partial charge in [0.25, 0.3) is 0 Å². The molecule has 1 heterocycles. The molecule has 3 rings (SSSR count). The summed E-state index contributed by atoms with van der Waals surface area (Å²) in [5.74, 6) is -2.73. The van der Waals surface area contributed by atoms with Crippen LogP contribution in [0, 0.1) is 18.6 Å². The molecule has 1 aromatic heterocycles. The van der Waals surface area contributed by atoms with Crippen molar-refractivity contribution < 1.29 is 22.0 Å². The second-order valence-electron chi connectivity index (χ2n) is 6.78. The number of carbonyl (C=O) groups is 1. The van der Waals surface area contributed by atoms with E-state index in [0.29, 0.717) is 11.8 Å². The van der Waals surface area contributed by atoms with Crippen LogP contribution in [0.3, 0.4) is 0 Å². The maximum Gasteiger partial charge on any atom is 0.228 e. The minimum atomic E-state index is -3.69. The molecule has 0 aliphatic rings. The second kappa shape index (κ2) is 9.13. The molecule has 0 N–H and O–H groups in total. The third-order valence-electron chi connectivity index (χ3n) is 4.51. The Hall–Kier alpha value is -3.13. The molecule has 8 heteroatoms. The number of carbonyl (C=O) groups excluding carboxylic acids is 1. The summed E-state index contributed by atoms with van der Waals surface area (Å²) in [5.41, 5.74) is 1.26. The quantitative estimate of drug-likeness (QED) is 0.567. The van der Waals surface area contributed by atoms with Gasteiger partial charge in [0.2, 0.25) is 5.91 Å². The minimum absolute atomic E-state index is 0.0766. The van der Waals surface area contributed by atoms with E-state index in [1.54, 1.807) is 30.3 Å². The zero-order valence-corrected chi connectivity index (χ0v) is 17.1. The van der Waals surface area contributed by atoms with Gasteiger partial charge in [0.1, 0.15) is 11.6 Å². The van der Waals surface area contributed by atoms with Crippen molar-refractivity contribution in [2.45, 2.75) is 24.8 Å². The van der Waals surface area contributed by atoms with E-state index in [1.807, 2.05) is 6.92 Å². The van der Waals surface area contributed by atoms with Gasteiger partial charge in [-0.3, -0.25) is 9.78 Å². The van der Waals surface area contributed by atoms with Crippen molar-refractivity contribution in [2.24, 2.45) is 0 Å². The lowest BCUT2D eigenvalue weighted by Crippen LogP contribution is -2.32. The van der Waals surface area contributed by atoms with E-state index >= 15 is 0 Å². The largest absolute Gasteiger partial charge is 0.304 e. The molecule has 0 aliphatic carbocycles. The highest BCUT2D eigenvalue weighted by atomic mass is 32.2. The first-order chi connectivity index (χ1) is 14.3. The first-order valence-electron chi connectivity index (χ1n) is 9.21. The molecular formula is C22H20F2N2O3S. The highest BCUT2D eigenvalue weighted by Crippen LogP contribution is 2.23. The van der Waals surface area contributed by atoms with Gasteiger partial charge in [0.05, 0.1) is 28.6 Å². The third-order valence-corrected chi connectivity index (χ3v) is 6.24. The van der Waals surface area contributed by atoms with Crippen LogP contribution in [0.4, 0.5) is 14.5 Å². The number of hydrogen-bond donors (Lipinski definition) is 0. The molecule has 3 aromatic rings. The van der Waals surface area contributed by atoms with Crippen LogP contribution in [-0.4, -0.2) is 25.1 Å². The van der Waals surface area contributed by atoms with Crippen LogP contribution in [0.1, 0.15) is 17.7 Å². The number of anilines is 1. The first-order valence-corrected chi connectivity index (χ1v) is 10.9. The summed E-state index contributed by atoms with van der Waals surface area (Å²) in [5, 5.41) is 0. The number of benzene rings is 2. The predicted molar refractivity (Wildman–Crippen MR) is 110 cm³/mol. The molecule has 5 nitrogen and oxygen atoms in total. The SMILES string of the molecule is Cc1ccc(S(=O)(=O)CCC(=O)N(Cc2ccccn2)c2ccc(F)cc2F)cc1. The fraction of sp³-hybridized carbons (Fsp3) is 0.182. The van der Waals surface area contributed by atoms with E-state index in [-0.39, 0.29) is 23.5 Å². The lowest BCUT2D eigenvalue weighted by molar-refractivity contribution is -0.118. The van der Waals surface area contributed by atoms with Gasteiger partial charge >= 0.3 is 0 Å². The monoisotopic (exact) mass is 430 g/mol. The van der Waals surface area contributed by atoms with E-state index < -0.39 is 33.1 Å². The van der Waals surface area contributed by atoms with Crippen molar-refractivity contribution in [3.8, 4) is 0 Å². The number of hydrogen-bond acceptors (Lipinski definition) is 4. The molecule has 0 saturated carbocycles. The zero-order chi connectivity index (χ0) is 21.7. The molecule has 0 bridgehead atoms. The Morgan fingerprint density at radius 1 is 1.03 bits per heavy atom. The van der Waals surface area contributed by atoms with Crippen molar-refractivity contribution in [2.75, 3.05) is 10.7 Å². The molecule has 30 heavy (non-hydrogen) atoms. The average Bonchev–Trinajstić information content (AvgIpc) is 2.72. The molecule has 0 aliphatic heterocycles. The summed E-state index contributed by atoms with van der Waals surface area (Å²) in [6.45, 7) is 1.76. The van der Waals surface area contributed by atoms with Gasteiger partial charge in [-0.1, -0.05) is 23.8 Å². The predicted octanol–water partition coefficient (Wildman–Crippen LogP) is 4.07. The fourth-order valence-electron chi connectivity index (χ4n) is 2.88. The van der Waals surface area contributed by atoms with Crippen molar-refractivity contribution in [3.63, 3.8) is 0 Å². The topological polar surface area (TPSA) is 67.3 Å². The lowest BCUT2D eigenvalue weighted by Gasteiger charge is -2.23. The van der Waals surface area contributed by atoms with Crippen LogP contribution in [-0.2, 0) is 21.2 Å². The van der Waals surface area contributed by atoms with Gasteiger partial charge in [0.15, 0.2) is 9.84 Å². The van der Waals surface area contributed by atoms with Crippen molar-refractivity contribution in [1.29, 1.82) is 0 Å². The van der Waals surface area contributed by atoms with E-state index in [1.165, 1.54) is 18.3 Å². The van der Waals surface area contributed by atoms with Crippen molar-refractivity contribution in [1.82, 2.24) is 4.98 Å². The van der Waals surface area contributed by atoms with Crippen LogP contribution in [0.15, 0.2) is 71.8 Å². The Labute approximate surface area is 173 Å². The standard InChI is InChI=1S/C22H20F2N2O3S/c1-16-5-8-19(9-6-16)30(28,29)13-11-22(27)26(15-18-4-2-3-12-25-18)21-10-7-17(23)14-20(21)24/h2-10,12,14H,11,13,15H2,1H3. The van der Waals surface area contributed by atoms with Crippen LogP contribution in [0.2, 0.25) is 0 Å². The van der Waals surface area contributed by atoms with Gasteiger partial charge in [-0.15, -0.1) is 0 Å². The molecule has 0 radical (unpaired) electrons. The molecule has 1 amide bonds. The molecule has 0 saturated heterocycles. The second-order valence-corrected chi connectivity index (χ2v) is 8.89. The Kier molecular flexibility index (Phi) is 6.56. The summed E-state index contributed by atoms with van der Waals surface area (Å²) in [6, 6.07) is 14.3. The van der Waals surface area contributed by atoms with Crippen LogP contribution in [0.25, 0.3) is 0 Å². The number of halogens is 2. The van der Waals surface area contributed by atoms with Gasteiger partial charge in [-0.2, -0.15) is 0 Å². The molecule has 156 valence electrons. The number of aryl methyl sites for hydroxylation is 1.